The van der Waals surface area contributed by atoms with Crippen molar-refractivity contribution in [3.05, 3.63) is 130 Å². The van der Waals surface area contributed by atoms with E-state index >= 15 is 0 Å². The molecule has 3 aliphatic heterocycles. The molecular weight excluding hydrogens is 496 g/mol. The van der Waals surface area contributed by atoms with Crippen LogP contribution in [-0.4, -0.2) is 21.6 Å². The molecule has 0 aliphatic carbocycles. The number of aliphatic imine (C=N–C) groups is 2. The number of aromatic amines is 2. The van der Waals surface area contributed by atoms with Crippen molar-refractivity contribution >= 4 is 44.9 Å². The fraction of sp³-hybridized carbons (Fsp3) is 0.0625. The number of rotatable bonds is 0. The first kappa shape index (κ1) is 21.4. The quantitative estimate of drug-likeness (QED) is 0.218. The standard InChI is InChI=1S/C32H22N8/c1-2-10-18-17(9-1)25-33-26(18)38-28-21-13-5-6-14-22(21)30(35-28)40-32-24-16-8-7-15-23(24)31(36-32)39-29-20-12-4-3-11-19(20)27(34-29)37-25/h1-16,25,31,35H,(H,33,38)(H,36,40)(H,34,37,39). The Hall–Kier alpha value is -5.50. The van der Waals surface area contributed by atoms with Gasteiger partial charge >= 0.3 is 0 Å². The predicted molar refractivity (Wildman–Crippen MR) is 158 cm³/mol. The lowest BCUT2D eigenvalue weighted by atomic mass is 10.1. The summed E-state index contributed by atoms with van der Waals surface area (Å²) >= 11 is 0. The van der Waals surface area contributed by atoms with Gasteiger partial charge in [-0.2, -0.15) is 0 Å². The Kier molecular flexibility index (Phi) is 4.29. The van der Waals surface area contributed by atoms with Crippen LogP contribution in [-0.2, 0) is 0 Å². The van der Waals surface area contributed by atoms with E-state index in [-0.39, 0.29) is 0 Å². The third-order valence-corrected chi connectivity index (χ3v) is 7.87. The number of amidine groups is 2. The molecular formula is C32H22N8. The summed E-state index contributed by atoms with van der Waals surface area (Å²) in [5.74, 6) is 3.28. The molecule has 2 aromatic heterocycles. The molecule has 9 rings (SSSR count). The number of fused-ring (bicyclic) bond motifs is 18. The number of hydrogen-bond acceptors (Lipinski definition) is 6. The van der Waals surface area contributed by atoms with Crippen LogP contribution in [0.4, 0.5) is 11.6 Å². The van der Waals surface area contributed by atoms with E-state index in [1.54, 1.807) is 0 Å². The van der Waals surface area contributed by atoms with Crippen molar-refractivity contribution in [1.82, 2.24) is 9.97 Å². The van der Waals surface area contributed by atoms with Gasteiger partial charge in [0.15, 0.2) is 12.3 Å². The van der Waals surface area contributed by atoms with Crippen LogP contribution in [0.25, 0.3) is 21.5 Å². The van der Waals surface area contributed by atoms with Crippen molar-refractivity contribution in [3.8, 4) is 0 Å². The monoisotopic (exact) mass is 518 g/mol. The first-order chi connectivity index (χ1) is 19.8. The average molecular weight is 519 g/mol. The summed E-state index contributed by atoms with van der Waals surface area (Å²) in [4.78, 5) is 27.5. The molecule has 4 aromatic carbocycles. The topological polar surface area (TPSA) is 105 Å². The first-order valence-corrected chi connectivity index (χ1v) is 13.3. The second-order valence-electron chi connectivity index (χ2n) is 10.2. The lowest BCUT2D eigenvalue weighted by Crippen LogP contribution is -2.13. The van der Waals surface area contributed by atoms with Crippen LogP contribution < -0.4 is 21.6 Å². The van der Waals surface area contributed by atoms with Crippen molar-refractivity contribution in [3.63, 3.8) is 0 Å². The van der Waals surface area contributed by atoms with Crippen LogP contribution in [0.5, 0.6) is 0 Å². The molecule has 0 saturated carbocycles. The zero-order valence-electron chi connectivity index (χ0n) is 21.2. The Labute approximate surface area is 228 Å². The molecule has 0 fully saturated rings. The Morgan fingerprint density at radius 1 is 0.425 bits per heavy atom. The summed E-state index contributed by atoms with van der Waals surface area (Å²) in [7, 11) is 0. The van der Waals surface area contributed by atoms with Crippen LogP contribution >= 0.6 is 0 Å². The molecule has 190 valence electrons. The van der Waals surface area contributed by atoms with E-state index < -0.39 is 12.3 Å². The highest BCUT2D eigenvalue weighted by atomic mass is 15.2. The fourth-order valence-corrected chi connectivity index (χ4v) is 6.00. The molecule has 3 aliphatic rings. The first-order valence-electron chi connectivity index (χ1n) is 13.3. The van der Waals surface area contributed by atoms with Gasteiger partial charge in [-0.1, -0.05) is 97.1 Å². The smallest absolute Gasteiger partial charge is 0.170 e. The van der Waals surface area contributed by atoms with Crippen molar-refractivity contribution in [2.75, 3.05) is 10.6 Å². The normalized spacial score (nSPS) is 20.3. The highest BCUT2D eigenvalue weighted by Crippen LogP contribution is 2.36. The third kappa shape index (κ3) is 3.07. The Morgan fingerprint density at radius 3 is 1.35 bits per heavy atom. The summed E-state index contributed by atoms with van der Waals surface area (Å²) in [6.07, 6.45) is -0.783. The second kappa shape index (κ2) is 8.00. The molecule has 4 N–H and O–H groups in total. The summed E-state index contributed by atoms with van der Waals surface area (Å²) in [5.41, 5.74) is 5.69. The van der Waals surface area contributed by atoms with Gasteiger partial charge < -0.3 is 20.6 Å². The maximum Gasteiger partial charge on any atom is 0.170 e. The molecule has 8 bridgehead atoms. The fourth-order valence-electron chi connectivity index (χ4n) is 6.00. The Bertz CT molecular complexity index is 2050. The maximum atomic E-state index is 5.13. The van der Waals surface area contributed by atoms with Gasteiger partial charge in [-0.05, 0) is 0 Å². The van der Waals surface area contributed by atoms with Crippen molar-refractivity contribution in [2.45, 2.75) is 12.3 Å². The van der Waals surface area contributed by atoms with Crippen LogP contribution in [0.2, 0.25) is 0 Å². The molecule has 2 atom stereocenters. The van der Waals surface area contributed by atoms with Crippen molar-refractivity contribution in [2.24, 2.45) is 20.0 Å². The number of nitrogens with one attached hydrogen (secondary N) is 4. The second-order valence-corrected chi connectivity index (χ2v) is 10.2. The summed E-state index contributed by atoms with van der Waals surface area (Å²) in [5, 5.41) is 11.3. The zero-order valence-corrected chi connectivity index (χ0v) is 21.2. The number of nitrogens with zero attached hydrogens (tertiary/aromatic N) is 4. The minimum absolute atomic E-state index is 0.392. The summed E-state index contributed by atoms with van der Waals surface area (Å²) < 4.78 is 0. The van der Waals surface area contributed by atoms with Gasteiger partial charge in [-0.25, -0.2) is 20.0 Å². The minimum atomic E-state index is -0.392. The highest BCUT2D eigenvalue weighted by molar-refractivity contribution is 6.18. The van der Waals surface area contributed by atoms with Gasteiger partial charge in [0.25, 0.3) is 0 Å². The van der Waals surface area contributed by atoms with Crippen LogP contribution in [0, 0.1) is 0 Å². The van der Waals surface area contributed by atoms with Gasteiger partial charge in [0.1, 0.15) is 34.3 Å². The molecule has 40 heavy (non-hydrogen) atoms. The van der Waals surface area contributed by atoms with Crippen molar-refractivity contribution < 1.29 is 0 Å². The number of hydrogen-bond donors (Lipinski definition) is 4. The van der Waals surface area contributed by atoms with E-state index in [1.165, 1.54) is 0 Å². The van der Waals surface area contributed by atoms with Crippen LogP contribution in [0.3, 0.4) is 0 Å². The molecule has 2 unspecified atom stereocenters. The third-order valence-electron chi connectivity index (χ3n) is 7.87. The van der Waals surface area contributed by atoms with E-state index in [0.717, 1.165) is 78.1 Å². The number of anilines is 2. The van der Waals surface area contributed by atoms with Crippen LogP contribution in [0.15, 0.2) is 117 Å². The molecule has 8 heteroatoms. The van der Waals surface area contributed by atoms with Gasteiger partial charge in [0.2, 0.25) is 0 Å². The van der Waals surface area contributed by atoms with E-state index in [0.29, 0.717) is 0 Å². The van der Waals surface area contributed by atoms with E-state index in [2.05, 4.69) is 69.1 Å². The van der Waals surface area contributed by atoms with E-state index in [1.807, 2.05) is 48.5 Å². The lowest BCUT2D eigenvalue weighted by molar-refractivity contribution is 0.745. The number of H-pyrrole nitrogens is 2. The molecule has 8 nitrogen and oxygen atoms in total. The Morgan fingerprint density at radius 2 is 0.850 bits per heavy atom. The van der Waals surface area contributed by atoms with Crippen LogP contribution in [0.1, 0.15) is 34.6 Å². The molecule has 0 spiro atoms. The number of aromatic nitrogens is 2. The molecule has 0 amide bonds. The van der Waals surface area contributed by atoms with Gasteiger partial charge in [0.05, 0.1) is 0 Å². The van der Waals surface area contributed by atoms with Gasteiger partial charge in [-0.15, -0.1) is 0 Å². The molecule has 0 radical (unpaired) electrons. The molecule has 0 saturated heterocycles. The molecule has 6 aromatic rings. The summed E-state index contributed by atoms with van der Waals surface area (Å²) in [6.45, 7) is 0. The van der Waals surface area contributed by atoms with Gasteiger partial charge in [-0.3, -0.25) is 0 Å². The SMILES string of the molecule is c1ccc2c(c1)C1=NC2/N=c2\[nH]/c(c3ccccc23)=N\C2N=C(Nc3[nH]c(c4ccccc34)N1)c1ccccc12. The van der Waals surface area contributed by atoms with E-state index in [9.17, 15) is 0 Å². The minimum Gasteiger partial charge on any atom is -0.327 e. The maximum absolute atomic E-state index is 5.13. The summed E-state index contributed by atoms with van der Waals surface area (Å²) in [6, 6.07) is 33.0. The zero-order chi connectivity index (χ0) is 26.2. The Balaban J connectivity index is 1.35. The average Bonchev–Trinajstić information content (AvgIpc) is 3.73. The lowest BCUT2D eigenvalue weighted by Gasteiger charge is -2.07. The molecule has 5 heterocycles. The van der Waals surface area contributed by atoms with Gasteiger partial charge in [0, 0.05) is 43.8 Å². The van der Waals surface area contributed by atoms with E-state index in [4.69, 9.17) is 20.0 Å². The largest absolute Gasteiger partial charge is 0.327 e. The number of benzene rings is 4. The predicted octanol–water partition coefficient (Wildman–Crippen LogP) is 5.34. The highest BCUT2D eigenvalue weighted by Gasteiger charge is 2.28. The van der Waals surface area contributed by atoms with Crippen molar-refractivity contribution in [1.29, 1.82) is 0 Å².